The van der Waals surface area contributed by atoms with Gasteiger partial charge in [0.25, 0.3) is 5.91 Å². The Morgan fingerprint density at radius 3 is 2.46 bits per heavy atom. The van der Waals surface area contributed by atoms with Gasteiger partial charge >= 0.3 is 0 Å². The van der Waals surface area contributed by atoms with Gasteiger partial charge in [0, 0.05) is 25.0 Å². The van der Waals surface area contributed by atoms with E-state index in [1.54, 1.807) is 12.1 Å². The highest BCUT2D eigenvalue weighted by molar-refractivity contribution is 7.90. The lowest BCUT2D eigenvalue weighted by Gasteiger charge is -2.29. The molecule has 1 N–H and O–H groups in total. The predicted octanol–water partition coefficient (Wildman–Crippen LogP) is 1.28. The van der Waals surface area contributed by atoms with Crippen molar-refractivity contribution < 1.29 is 17.9 Å². The van der Waals surface area contributed by atoms with E-state index in [2.05, 4.69) is 15.3 Å². The van der Waals surface area contributed by atoms with Crippen molar-refractivity contribution in [1.82, 2.24) is 9.97 Å². The Bertz CT molecular complexity index is 907. The second-order valence-corrected chi connectivity index (χ2v) is 7.99. The van der Waals surface area contributed by atoms with E-state index >= 15 is 0 Å². The smallest absolute Gasteiger partial charge is 0.276 e. The average molecular weight is 376 g/mol. The Kier molecular flexibility index (Phi) is 5.19. The van der Waals surface area contributed by atoms with Crippen LogP contribution in [0.5, 0.6) is 0 Å². The van der Waals surface area contributed by atoms with Crippen molar-refractivity contribution in [3.8, 4) is 0 Å². The van der Waals surface area contributed by atoms with E-state index in [4.69, 9.17) is 4.74 Å². The Morgan fingerprint density at radius 1 is 1.19 bits per heavy atom. The molecule has 0 bridgehead atoms. The normalized spacial score (nSPS) is 14.9. The molecule has 9 heteroatoms. The Morgan fingerprint density at radius 2 is 1.85 bits per heavy atom. The molecule has 1 aliphatic rings. The maximum absolute atomic E-state index is 12.8. The van der Waals surface area contributed by atoms with Gasteiger partial charge < -0.3 is 15.0 Å². The van der Waals surface area contributed by atoms with Crippen LogP contribution < -0.4 is 10.2 Å². The van der Waals surface area contributed by atoms with Crippen molar-refractivity contribution in [1.29, 1.82) is 0 Å². The van der Waals surface area contributed by atoms with Crippen molar-refractivity contribution in [2.75, 3.05) is 42.8 Å². The van der Waals surface area contributed by atoms with Crippen LogP contribution in [0.3, 0.4) is 0 Å². The molecule has 0 atom stereocenters. The highest BCUT2D eigenvalue weighted by Crippen LogP contribution is 2.22. The van der Waals surface area contributed by atoms with E-state index in [0.717, 1.165) is 11.8 Å². The maximum atomic E-state index is 12.8. The fourth-order valence-corrected chi connectivity index (χ4v) is 3.07. The quantitative estimate of drug-likeness (QED) is 0.802. The van der Waals surface area contributed by atoms with Gasteiger partial charge in [-0.25, -0.2) is 18.4 Å². The number of nitrogens with one attached hydrogen (secondary N) is 1. The van der Waals surface area contributed by atoms with Crippen molar-refractivity contribution in [3.63, 3.8) is 0 Å². The molecule has 1 saturated heterocycles. The molecule has 1 fully saturated rings. The second-order valence-electron chi connectivity index (χ2n) is 6.08. The van der Waals surface area contributed by atoms with Crippen molar-refractivity contribution in [2.45, 2.75) is 12.1 Å². The van der Waals surface area contributed by atoms with Gasteiger partial charge in [0.05, 0.1) is 25.1 Å². The number of morpholine rings is 1. The molecule has 0 aliphatic carbocycles. The standard InChI is InChI=1S/C17H20N4O4S/c1-12-3-5-13(6-4-12)19-16(22)15-14(21-7-9-25-10-8-21)11-18-17(20-15)26(2,23)24/h3-6,11H,7-10H2,1-2H3,(H,19,22). The lowest BCUT2D eigenvalue weighted by atomic mass is 10.2. The number of hydrogen-bond donors (Lipinski definition) is 1. The molecule has 1 aromatic carbocycles. The van der Waals surface area contributed by atoms with Crippen LogP contribution in [0, 0.1) is 6.92 Å². The van der Waals surface area contributed by atoms with Crippen LogP contribution >= 0.6 is 0 Å². The molecule has 138 valence electrons. The first-order valence-electron chi connectivity index (χ1n) is 8.12. The van der Waals surface area contributed by atoms with Gasteiger partial charge in [0.15, 0.2) is 5.69 Å². The number of ether oxygens (including phenoxy) is 1. The van der Waals surface area contributed by atoms with Crippen molar-refractivity contribution in [3.05, 3.63) is 41.7 Å². The van der Waals surface area contributed by atoms with Gasteiger partial charge in [-0.05, 0) is 19.1 Å². The summed E-state index contributed by atoms with van der Waals surface area (Å²) >= 11 is 0. The zero-order chi connectivity index (χ0) is 18.7. The number of aryl methyl sites for hydroxylation is 1. The topological polar surface area (TPSA) is 101 Å². The highest BCUT2D eigenvalue weighted by Gasteiger charge is 2.24. The molecule has 0 spiro atoms. The van der Waals surface area contributed by atoms with Crippen LogP contribution in [0.15, 0.2) is 35.6 Å². The number of benzene rings is 1. The van der Waals surface area contributed by atoms with Crippen LogP contribution in [-0.2, 0) is 14.6 Å². The van der Waals surface area contributed by atoms with Gasteiger partial charge in [0.1, 0.15) is 0 Å². The summed E-state index contributed by atoms with van der Waals surface area (Å²) in [7, 11) is -3.63. The molecule has 8 nitrogen and oxygen atoms in total. The lowest BCUT2D eigenvalue weighted by Crippen LogP contribution is -2.38. The number of amides is 1. The van der Waals surface area contributed by atoms with Crippen molar-refractivity contribution in [2.24, 2.45) is 0 Å². The van der Waals surface area contributed by atoms with Gasteiger partial charge in [-0.3, -0.25) is 4.79 Å². The Labute approximate surface area is 152 Å². The molecule has 1 amide bonds. The van der Waals surface area contributed by atoms with Gasteiger partial charge in [-0.1, -0.05) is 17.7 Å². The number of aromatic nitrogens is 2. The minimum Gasteiger partial charge on any atom is -0.378 e. The summed E-state index contributed by atoms with van der Waals surface area (Å²) in [4.78, 5) is 22.7. The molecular formula is C17H20N4O4S. The fourth-order valence-electron chi connectivity index (χ4n) is 2.57. The SMILES string of the molecule is Cc1ccc(NC(=O)c2nc(S(C)(=O)=O)ncc2N2CCOCC2)cc1. The van der Waals surface area contributed by atoms with Crippen LogP contribution in [0.4, 0.5) is 11.4 Å². The van der Waals surface area contributed by atoms with Crippen molar-refractivity contribution >= 4 is 27.1 Å². The number of anilines is 2. The number of carbonyl (C=O) groups excluding carboxylic acids is 1. The van der Waals surface area contributed by atoms with Gasteiger partial charge in [0.2, 0.25) is 15.0 Å². The molecule has 0 unspecified atom stereocenters. The highest BCUT2D eigenvalue weighted by atomic mass is 32.2. The number of carbonyl (C=O) groups is 1. The molecular weight excluding hydrogens is 356 g/mol. The fraction of sp³-hybridized carbons (Fsp3) is 0.353. The van der Waals surface area contributed by atoms with Crippen LogP contribution in [0.2, 0.25) is 0 Å². The van der Waals surface area contributed by atoms with Crippen LogP contribution in [-0.4, -0.2) is 56.9 Å². The van der Waals surface area contributed by atoms with Gasteiger partial charge in [-0.2, -0.15) is 0 Å². The van der Waals surface area contributed by atoms with Crippen LogP contribution in [0.25, 0.3) is 0 Å². The summed E-state index contributed by atoms with van der Waals surface area (Å²) in [6.45, 7) is 4.14. The molecule has 2 heterocycles. The summed E-state index contributed by atoms with van der Waals surface area (Å²) in [5, 5.41) is 2.39. The van der Waals surface area contributed by atoms with Crippen LogP contribution in [0.1, 0.15) is 16.1 Å². The predicted molar refractivity (Wildman–Crippen MR) is 97.3 cm³/mol. The molecule has 2 aromatic rings. The molecule has 0 radical (unpaired) electrons. The summed E-state index contributed by atoms with van der Waals surface area (Å²) in [6, 6.07) is 7.31. The molecule has 26 heavy (non-hydrogen) atoms. The zero-order valence-corrected chi connectivity index (χ0v) is 15.4. The number of nitrogens with zero attached hydrogens (tertiary/aromatic N) is 3. The maximum Gasteiger partial charge on any atom is 0.276 e. The first-order valence-corrected chi connectivity index (χ1v) is 10.0. The number of sulfone groups is 1. The van der Waals surface area contributed by atoms with E-state index in [9.17, 15) is 13.2 Å². The van der Waals surface area contributed by atoms with E-state index in [1.165, 1.54) is 6.20 Å². The first kappa shape index (κ1) is 18.3. The van der Waals surface area contributed by atoms with E-state index < -0.39 is 15.7 Å². The first-order chi connectivity index (χ1) is 12.3. The van der Waals surface area contributed by atoms with Gasteiger partial charge in [-0.15, -0.1) is 0 Å². The second kappa shape index (κ2) is 7.38. The summed E-state index contributed by atoms with van der Waals surface area (Å²) in [5.41, 5.74) is 2.19. The van der Waals surface area contributed by atoms with E-state index in [0.29, 0.717) is 37.7 Å². The summed E-state index contributed by atoms with van der Waals surface area (Å²) in [6.07, 6.45) is 2.40. The summed E-state index contributed by atoms with van der Waals surface area (Å²) in [5.74, 6) is -0.484. The van der Waals surface area contributed by atoms with E-state index in [1.807, 2.05) is 24.0 Å². The number of rotatable bonds is 4. The largest absolute Gasteiger partial charge is 0.378 e. The summed E-state index contributed by atoms with van der Waals surface area (Å²) < 4.78 is 28.9. The Hall–Kier alpha value is -2.52. The molecule has 1 aliphatic heterocycles. The third kappa shape index (κ3) is 4.17. The third-order valence-electron chi connectivity index (χ3n) is 3.96. The Balaban J connectivity index is 1.97. The van der Waals surface area contributed by atoms with E-state index in [-0.39, 0.29) is 10.9 Å². The third-order valence-corrected chi connectivity index (χ3v) is 4.82. The average Bonchev–Trinajstić information content (AvgIpc) is 2.63. The molecule has 1 aromatic heterocycles. The minimum absolute atomic E-state index is 0.0305. The zero-order valence-electron chi connectivity index (χ0n) is 14.6. The lowest BCUT2D eigenvalue weighted by molar-refractivity contribution is 0.101. The minimum atomic E-state index is -3.63. The molecule has 3 rings (SSSR count). The molecule has 0 saturated carbocycles. The monoisotopic (exact) mass is 376 g/mol. The number of hydrogen-bond acceptors (Lipinski definition) is 7.